The SMILES string of the molecule is C[C@@]12CC[C@@H]3COCO[C@@]34OCO[C@@]14OCOC2. The first kappa shape index (κ1) is 11.6. The first-order valence-electron chi connectivity index (χ1n) is 6.44. The van der Waals surface area contributed by atoms with Gasteiger partial charge in [0.2, 0.25) is 11.6 Å². The summed E-state index contributed by atoms with van der Waals surface area (Å²) in [6, 6.07) is 0. The van der Waals surface area contributed by atoms with Crippen molar-refractivity contribution in [2.75, 3.05) is 33.6 Å². The van der Waals surface area contributed by atoms with Crippen LogP contribution in [0.3, 0.4) is 0 Å². The molecule has 0 bridgehead atoms. The fraction of sp³-hybridized carbons (Fsp3) is 1.00. The summed E-state index contributed by atoms with van der Waals surface area (Å²) >= 11 is 0. The van der Waals surface area contributed by atoms with E-state index in [0.717, 1.165) is 12.8 Å². The maximum atomic E-state index is 5.91. The summed E-state index contributed by atoms with van der Waals surface area (Å²) in [6.07, 6.45) is 1.92. The van der Waals surface area contributed by atoms with Gasteiger partial charge in [-0.05, 0) is 12.8 Å². The maximum absolute atomic E-state index is 5.91. The highest BCUT2D eigenvalue weighted by Gasteiger charge is 2.76. The lowest BCUT2D eigenvalue weighted by Crippen LogP contribution is -2.74. The molecule has 0 radical (unpaired) electrons. The van der Waals surface area contributed by atoms with Crippen LogP contribution in [0.25, 0.3) is 0 Å². The maximum Gasteiger partial charge on any atom is 0.236 e. The molecule has 0 unspecified atom stereocenters. The number of ether oxygens (including phenoxy) is 6. The van der Waals surface area contributed by atoms with Gasteiger partial charge >= 0.3 is 0 Å². The van der Waals surface area contributed by atoms with Crippen molar-refractivity contribution in [2.45, 2.75) is 31.3 Å². The molecule has 0 aromatic carbocycles. The van der Waals surface area contributed by atoms with Gasteiger partial charge in [0.1, 0.15) is 13.6 Å². The van der Waals surface area contributed by atoms with Crippen LogP contribution < -0.4 is 0 Å². The third-order valence-corrected chi connectivity index (χ3v) is 4.81. The van der Waals surface area contributed by atoms with Crippen molar-refractivity contribution in [2.24, 2.45) is 11.3 Å². The van der Waals surface area contributed by atoms with Crippen molar-refractivity contribution < 1.29 is 28.4 Å². The van der Waals surface area contributed by atoms with Gasteiger partial charge in [0.15, 0.2) is 6.79 Å². The minimum Gasteiger partial charge on any atom is -0.355 e. The van der Waals surface area contributed by atoms with Gasteiger partial charge in [-0.15, -0.1) is 0 Å². The molecule has 0 amide bonds. The molecule has 0 N–H and O–H groups in total. The van der Waals surface area contributed by atoms with Gasteiger partial charge in [-0.1, -0.05) is 6.92 Å². The Morgan fingerprint density at radius 1 is 0.944 bits per heavy atom. The Kier molecular flexibility index (Phi) is 2.35. The predicted octanol–water partition coefficient (Wildman–Crippen LogP) is 0.808. The van der Waals surface area contributed by atoms with Gasteiger partial charge in [0.25, 0.3) is 0 Å². The van der Waals surface area contributed by atoms with Crippen LogP contribution in [0.2, 0.25) is 0 Å². The van der Waals surface area contributed by atoms with Crippen LogP contribution in [0.4, 0.5) is 0 Å². The third-order valence-electron chi connectivity index (χ3n) is 4.81. The third kappa shape index (κ3) is 1.14. The molecule has 4 rings (SSSR count). The molecule has 4 atom stereocenters. The highest BCUT2D eigenvalue weighted by Crippen LogP contribution is 2.61. The first-order chi connectivity index (χ1) is 8.73. The van der Waals surface area contributed by atoms with Crippen LogP contribution in [-0.2, 0) is 28.4 Å². The lowest BCUT2D eigenvalue weighted by atomic mass is 9.63. The molecule has 1 saturated carbocycles. The molecule has 2 spiro atoms. The normalized spacial score (nSPS) is 55.5. The molecule has 0 aromatic heterocycles. The summed E-state index contributed by atoms with van der Waals surface area (Å²) in [5.41, 5.74) is -0.240. The Morgan fingerprint density at radius 2 is 1.72 bits per heavy atom. The van der Waals surface area contributed by atoms with E-state index >= 15 is 0 Å². The zero-order valence-electron chi connectivity index (χ0n) is 10.5. The van der Waals surface area contributed by atoms with Crippen molar-refractivity contribution in [1.82, 2.24) is 0 Å². The molecular weight excluding hydrogens is 240 g/mol. The fourth-order valence-electron chi connectivity index (χ4n) is 3.87. The van der Waals surface area contributed by atoms with E-state index in [1.165, 1.54) is 0 Å². The van der Waals surface area contributed by atoms with Gasteiger partial charge in [-0.25, -0.2) is 0 Å². The average molecular weight is 258 g/mol. The van der Waals surface area contributed by atoms with Crippen LogP contribution >= 0.6 is 0 Å². The largest absolute Gasteiger partial charge is 0.355 e. The second-order valence-electron chi connectivity index (χ2n) is 5.73. The minimum absolute atomic E-state index is 0.153. The van der Waals surface area contributed by atoms with E-state index in [2.05, 4.69) is 6.92 Å². The summed E-state index contributed by atoms with van der Waals surface area (Å²) in [6.45, 7) is 4.00. The van der Waals surface area contributed by atoms with Gasteiger partial charge in [0.05, 0.1) is 18.6 Å². The minimum atomic E-state index is -0.856. The van der Waals surface area contributed by atoms with E-state index in [1.54, 1.807) is 0 Å². The topological polar surface area (TPSA) is 55.4 Å². The van der Waals surface area contributed by atoms with E-state index in [0.29, 0.717) is 13.2 Å². The van der Waals surface area contributed by atoms with Crippen molar-refractivity contribution >= 4 is 0 Å². The van der Waals surface area contributed by atoms with Crippen molar-refractivity contribution in [3.8, 4) is 0 Å². The number of hydrogen-bond donors (Lipinski definition) is 0. The molecule has 4 aliphatic rings. The monoisotopic (exact) mass is 258 g/mol. The van der Waals surface area contributed by atoms with E-state index in [4.69, 9.17) is 28.4 Å². The second-order valence-corrected chi connectivity index (χ2v) is 5.73. The van der Waals surface area contributed by atoms with Crippen molar-refractivity contribution in [3.63, 3.8) is 0 Å². The quantitative estimate of drug-likeness (QED) is 0.641. The Hall–Kier alpha value is -0.240. The van der Waals surface area contributed by atoms with Gasteiger partial charge in [-0.2, -0.15) is 0 Å². The van der Waals surface area contributed by atoms with E-state index < -0.39 is 11.6 Å². The van der Waals surface area contributed by atoms with Gasteiger partial charge in [0, 0.05) is 5.92 Å². The first-order valence-corrected chi connectivity index (χ1v) is 6.44. The van der Waals surface area contributed by atoms with E-state index in [-0.39, 0.29) is 31.7 Å². The molecule has 4 fully saturated rings. The molecule has 3 aliphatic heterocycles. The summed E-state index contributed by atoms with van der Waals surface area (Å²) < 4.78 is 34.4. The van der Waals surface area contributed by atoms with Crippen LogP contribution in [0, 0.1) is 11.3 Å². The zero-order chi connectivity index (χ0) is 12.3. The Balaban J connectivity index is 1.83. The summed E-state index contributed by atoms with van der Waals surface area (Å²) in [7, 11) is 0. The molecule has 3 heterocycles. The lowest BCUT2D eigenvalue weighted by Gasteiger charge is -2.60. The smallest absolute Gasteiger partial charge is 0.236 e. The Morgan fingerprint density at radius 3 is 2.67 bits per heavy atom. The van der Waals surface area contributed by atoms with Gasteiger partial charge in [-0.3, -0.25) is 0 Å². The standard InChI is InChI=1S/C12H18O6/c1-10-3-2-9-4-13-6-15-11(9)12(10,18-8-16-11)17-7-14-5-10/h9H,2-8H2,1H3/t9-,10+,11-,12+/m1/s1. The average Bonchev–Trinajstić information content (AvgIpc) is 2.75. The number of hydrogen-bond acceptors (Lipinski definition) is 6. The van der Waals surface area contributed by atoms with Crippen LogP contribution in [-0.4, -0.2) is 45.2 Å². The predicted molar refractivity (Wildman–Crippen MR) is 57.1 cm³/mol. The Bertz CT molecular complexity index is 362. The summed E-state index contributed by atoms with van der Waals surface area (Å²) in [5.74, 6) is -1.53. The summed E-state index contributed by atoms with van der Waals surface area (Å²) in [5, 5.41) is 0. The molecule has 18 heavy (non-hydrogen) atoms. The molecule has 6 nitrogen and oxygen atoms in total. The molecule has 0 aromatic rings. The molecule has 6 heteroatoms. The highest BCUT2D eigenvalue weighted by molar-refractivity contribution is 5.11. The van der Waals surface area contributed by atoms with Crippen molar-refractivity contribution in [3.05, 3.63) is 0 Å². The fourth-order valence-corrected chi connectivity index (χ4v) is 3.87. The van der Waals surface area contributed by atoms with Crippen molar-refractivity contribution in [1.29, 1.82) is 0 Å². The second kappa shape index (κ2) is 3.65. The summed E-state index contributed by atoms with van der Waals surface area (Å²) in [4.78, 5) is 0. The van der Waals surface area contributed by atoms with Crippen LogP contribution in [0.15, 0.2) is 0 Å². The van der Waals surface area contributed by atoms with Crippen LogP contribution in [0.1, 0.15) is 19.8 Å². The Labute approximate surface area is 105 Å². The van der Waals surface area contributed by atoms with Crippen LogP contribution in [0.5, 0.6) is 0 Å². The zero-order valence-corrected chi connectivity index (χ0v) is 10.5. The van der Waals surface area contributed by atoms with E-state index in [1.807, 2.05) is 0 Å². The highest BCUT2D eigenvalue weighted by atomic mass is 16.9. The molecule has 1 aliphatic carbocycles. The molecule has 3 saturated heterocycles. The number of rotatable bonds is 0. The lowest BCUT2D eigenvalue weighted by molar-refractivity contribution is -0.464. The molecule has 102 valence electrons. The molecular formula is C12H18O6. The van der Waals surface area contributed by atoms with E-state index in [9.17, 15) is 0 Å². The van der Waals surface area contributed by atoms with Gasteiger partial charge < -0.3 is 28.4 Å².